The van der Waals surface area contributed by atoms with Crippen LogP contribution < -0.4 is 10.3 Å². The Kier molecular flexibility index (Phi) is 6.34. The van der Waals surface area contributed by atoms with Crippen LogP contribution in [0.1, 0.15) is 35.3 Å². The molecule has 0 saturated heterocycles. The zero-order chi connectivity index (χ0) is 21.8. The maximum absolute atomic E-state index is 13.5. The summed E-state index contributed by atoms with van der Waals surface area (Å²) in [5.74, 6) is 0.420. The number of ether oxygens (including phenoxy) is 1. The summed E-state index contributed by atoms with van der Waals surface area (Å²) in [6.45, 7) is 6.79. The Bertz CT molecular complexity index is 1080. The molecule has 3 heterocycles. The molecule has 8 nitrogen and oxygen atoms in total. The van der Waals surface area contributed by atoms with Crippen molar-refractivity contribution in [1.82, 2.24) is 24.2 Å². The van der Waals surface area contributed by atoms with Gasteiger partial charge < -0.3 is 9.64 Å². The lowest BCUT2D eigenvalue weighted by atomic mass is 10.1. The van der Waals surface area contributed by atoms with Gasteiger partial charge in [-0.2, -0.15) is 5.10 Å². The predicted molar refractivity (Wildman–Crippen MR) is 114 cm³/mol. The molecule has 3 aromatic heterocycles. The summed E-state index contributed by atoms with van der Waals surface area (Å²) < 4.78 is 8.21. The van der Waals surface area contributed by atoms with Gasteiger partial charge >= 0.3 is 0 Å². The molecular formula is C22H27N5O3. The number of carbonyl (C=O) groups excluding carboxylic acids is 1. The Balaban J connectivity index is 2.00. The van der Waals surface area contributed by atoms with E-state index >= 15 is 0 Å². The maximum atomic E-state index is 13.5. The Morgan fingerprint density at radius 2 is 2.00 bits per heavy atom. The van der Waals surface area contributed by atoms with Crippen molar-refractivity contribution >= 4 is 5.91 Å². The molecule has 30 heavy (non-hydrogen) atoms. The molecule has 158 valence electrons. The summed E-state index contributed by atoms with van der Waals surface area (Å²) in [5, 5.41) is 4.18. The molecule has 0 bridgehead atoms. The molecular weight excluding hydrogens is 382 g/mol. The van der Waals surface area contributed by atoms with Crippen molar-refractivity contribution in [2.45, 2.75) is 27.3 Å². The first-order valence-corrected chi connectivity index (χ1v) is 9.79. The lowest BCUT2D eigenvalue weighted by molar-refractivity contribution is 0.0719. The minimum Gasteiger partial charge on any atom is -0.481 e. The molecule has 0 radical (unpaired) electrons. The summed E-state index contributed by atoms with van der Waals surface area (Å²) in [7, 11) is 3.36. The van der Waals surface area contributed by atoms with Crippen LogP contribution in [0.3, 0.4) is 0 Å². The third-order valence-corrected chi connectivity index (χ3v) is 4.73. The highest BCUT2D eigenvalue weighted by molar-refractivity contribution is 5.95. The molecule has 0 N–H and O–H groups in total. The number of carbonyl (C=O) groups is 1. The highest BCUT2D eigenvalue weighted by Gasteiger charge is 2.24. The summed E-state index contributed by atoms with van der Waals surface area (Å²) >= 11 is 0. The van der Waals surface area contributed by atoms with Gasteiger partial charge in [-0.1, -0.05) is 13.8 Å². The van der Waals surface area contributed by atoms with Gasteiger partial charge in [0.05, 0.1) is 25.2 Å². The molecule has 0 aliphatic rings. The fourth-order valence-electron chi connectivity index (χ4n) is 3.32. The van der Waals surface area contributed by atoms with E-state index in [-0.39, 0.29) is 22.9 Å². The van der Waals surface area contributed by atoms with Gasteiger partial charge in [0.25, 0.3) is 11.5 Å². The second-order valence-corrected chi connectivity index (χ2v) is 7.71. The number of hydrogen-bond donors (Lipinski definition) is 0. The quantitative estimate of drug-likeness (QED) is 0.599. The van der Waals surface area contributed by atoms with Crippen molar-refractivity contribution in [3.63, 3.8) is 0 Å². The molecule has 0 aromatic carbocycles. The average Bonchev–Trinajstić information content (AvgIpc) is 3.12. The molecule has 8 heteroatoms. The Morgan fingerprint density at radius 1 is 1.23 bits per heavy atom. The first-order chi connectivity index (χ1) is 14.3. The summed E-state index contributed by atoms with van der Waals surface area (Å²) in [4.78, 5) is 32.6. The number of nitrogens with zero attached hydrogens (tertiary/aromatic N) is 5. The van der Waals surface area contributed by atoms with Gasteiger partial charge in [-0.25, -0.2) is 4.98 Å². The van der Waals surface area contributed by atoms with Gasteiger partial charge in [-0.05, 0) is 30.5 Å². The van der Waals surface area contributed by atoms with Crippen molar-refractivity contribution in [2.24, 2.45) is 13.0 Å². The third kappa shape index (κ3) is 4.59. The average molecular weight is 409 g/mol. The second kappa shape index (κ2) is 8.94. The number of aryl methyl sites for hydroxylation is 2. The molecule has 3 aromatic rings. The maximum Gasteiger partial charge on any atom is 0.268 e. The van der Waals surface area contributed by atoms with Crippen LogP contribution in [0.4, 0.5) is 0 Å². The molecule has 0 spiro atoms. The minimum atomic E-state index is -0.369. The number of rotatable bonds is 7. The smallest absolute Gasteiger partial charge is 0.268 e. The Hall–Kier alpha value is -3.42. The van der Waals surface area contributed by atoms with Gasteiger partial charge in [0.15, 0.2) is 0 Å². The third-order valence-electron chi connectivity index (χ3n) is 4.73. The summed E-state index contributed by atoms with van der Waals surface area (Å²) in [6.07, 6.45) is 6.82. The van der Waals surface area contributed by atoms with Crippen LogP contribution in [0.5, 0.6) is 5.88 Å². The van der Waals surface area contributed by atoms with Crippen molar-refractivity contribution in [3.8, 4) is 11.6 Å². The molecule has 0 unspecified atom stereocenters. The first kappa shape index (κ1) is 21.3. The predicted octanol–water partition coefficient (Wildman–Crippen LogP) is 2.58. The van der Waals surface area contributed by atoms with E-state index in [1.54, 1.807) is 53.3 Å². The fourth-order valence-corrected chi connectivity index (χ4v) is 3.32. The van der Waals surface area contributed by atoms with E-state index < -0.39 is 0 Å². The summed E-state index contributed by atoms with van der Waals surface area (Å²) in [6, 6.07) is 5.19. The number of methoxy groups -OCH3 is 1. The topological polar surface area (TPSA) is 82.2 Å². The van der Waals surface area contributed by atoms with E-state index in [0.717, 1.165) is 5.56 Å². The standard InChI is InChI=1S/C22H27N5O3/c1-15(2)12-26(14-17-10-24-25(4)13-17)21(28)20-16(3)8-9-27(22(20)29)18-6-7-19(30-5)23-11-18/h6-11,13,15H,12,14H2,1-5H3. The largest absolute Gasteiger partial charge is 0.481 e. The zero-order valence-electron chi connectivity index (χ0n) is 18.0. The van der Waals surface area contributed by atoms with Gasteiger partial charge in [0, 0.05) is 44.2 Å². The number of hydrogen-bond acceptors (Lipinski definition) is 5. The van der Waals surface area contributed by atoms with Crippen molar-refractivity contribution in [3.05, 3.63) is 70.0 Å². The Morgan fingerprint density at radius 3 is 2.57 bits per heavy atom. The minimum absolute atomic E-state index is 0.165. The fraction of sp³-hybridized carbons (Fsp3) is 0.364. The highest BCUT2D eigenvalue weighted by atomic mass is 16.5. The van der Waals surface area contributed by atoms with Gasteiger partial charge in [-0.15, -0.1) is 0 Å². The van der Waals surface area contributed by atoms with Crippen LogP contribution in [0, 0.1) is 12.8 Å². The van der Waals surface area contributed by atoms with E-state index in [0.29, 0.717) is 30.2 Å². The molecule has 0 fully saturated rings. The monoisotopic (exact) mass is 409 g/mol. The molecule has 1 amide bonds. The normalized spacial score (nSPS) is 11.0. The number of aromatic nitrogens is 4. The van der Waals surface area contributed by atoms with Crippen LogP contribution in [-0.2, 0) is 13.6 Å². The van der Waals surface area contributed by atoms with Crippen LogP contribution >= 0.6 is 0 Å². The lowest BCUT2D eigenvalue weighted by Crippen LogP contribution is -2.38. The van der Waals surface area contributed by atoms with Crippen molar-refractivity contribution < 1.29 is 9.53 Å². The molecule has 0 aliphatic heterocycles. The summed E-state index contributed by atoms with van der Waals surface area (Å²) in [5.41, 5.74) is 1.92. The van der Waals surface area contributed by atoms with Crippen LogP contribution in [-0.4, -0.2) is 43.8 Å². The molecule has 0 aliphatic carbocycles. The highest BCUT2D eigenvalue weighted by Crippen LogP contribution is 2.15. The van der Waals surface area contributed by atoms with E-state index in [1.165, 1.54) is 11.7 Å². The SMILES string of the molecule is COc1ccc(-n2ccc(C)c(C(=O)N(Cc3cnn(C)c3)CC(C)C)c2=O)cn1. The van der Waals surface area contributed by atoms with Gasteiger partial charge in [-0.3, -0.25) is 18.8 Å². The second-order valence-electron chi connectivity index (χ2n) is 7.71. The van der Waals surface area contributed by atoms with Gasteiger partial charge in [0.1, 0.15) is 5.56 Å². The number of pyridine rings is 2. The van der Waals surface area contributed by atoms with Crippen LogP contribution in [0.2, 0.25) is 0 Å². The first-order valence-electron chi connectivity index (χ1n) is 9.79. The van der Waals surface area contributed by atoms with E-state index in [9.17, 15) is 9.59 Å². The Labute approximate surface area is 175 Å². The van der Waals surface area contributed by atoms with E-state index in [4.69, 9.17) is 4.74 Å². The molecule has 0 atom stereocenters. The zero-order valence-corrected chi connectivity index (χ0v) is 18.0. The molecule has 3 rings (SSSR count). The van der Waals surface area contributed by atoms with Crippen molar-refractivity contribution in [2.75, 3.05) is 13.7 Å². The van der Waals surface area contributed by atoms with E-state index in [1.807, 2.05) is 27.1 Å². The van der Waals surface area contributed by atoms with Crippen LogP contribution in [0.15, 0.2) is 47.8 Å². The van der Waals surface area contributed by atoms with Crippen molar-refractivity contribution in [1.29, 1.82) is 0 Å². The molecule has 0 saturated carbocycles. The lowest BCUT2D eigenvalue weighted by Gasteiger charge is -2.25. The van der Waals surface area contributed by atoms with Crippen LogP contribution in [0.25, 0.3) is 5.69 Å². The van der Waals surface area contributed by atoms with Gasteiger partial charge in [0.2, 0.25) is 5.88 Å². The van der Waals surface area contributed by atoms with E-state index in [2.05, 4.69) is 10.1 Å². The number of amides is 1.